The van der Waals surface area contributed by atoms with Gasteiger partial charge < -0.3 is 4.57 Å². The lowest BCUT2D eigenvalue weighted by molar-refractivity contribution is -0.119. The van der Waals surface area contributed by atoms with Gasteiger partial charge >= 0.3 is 0 Å². The zero-order valence-electron chi connectivity index (χ0n) is 8.76. The van der Waals surface area contributed by atoms with E-state index in [2.05, 4.69) is 11.8 Å². The van der Waals surface area contributed by atoms with Crippen LogP contribution in [0.5, 0.6) is 0 Å². The third kappa shape index (κ3) is 6.61. The molecule has 2 nitrogen and oxygen atoms in total. The minimum absolute atomic E-state index is 0.0658. The molecule has 0 radical (unpaired) electrons. The summed E-state index contributed by atoms with van der Waals surface area (Å²) in [7, 11) is -2.21. The van der Waals surface area contributed by atoms with E-state index in [1.54, 1.807) is 20.3 Å². The van der Waals surface area contributed by atoms with E-state index in [4.69, 9.17) is 0 Å². The second-order valence-corrected chi connectivity index (χ2v) is 7.19. The topological polar surface area (TPSA) is 34.1 Å². The Morgan fingerprint density at radius 3 is 2.38 bits per heavy atom. The van der Waals surface area contributed by atoms with Gasteiger partial charge in [0, 0.05) is 12.3 Å². The summed E-state index contributed by atoms with van der Waals surface area (Å²) in [6.45, 7) is 6.87. The van der Waals surface area contributed by atoms with Crippen LogP contribution in [0.25, 0.3) is 0 Å². The van der Waals surface area contributed by atoms with E-state index in [1.807, 2.05) is 6.92 Å². The predicted molar refractivity (Wildman–Crippen MR) is 56.6 cm³/mol. The Balaban J connectivity index is 4.10. The van der Waals surface area contributed by atoms with Crippen molar-refractivity contribution in [1.29, 1.82) is 0 Å². The van der Waals surface area contributed by atoms with Crippen LogP contribution in [0, 0.1) is 17.8 Å². The van der Waals surface area contributed by atoms with Crippen molar-refractivity contribution in [3.63, 3.8) is 0 Å². The maximum atomic E-state index is 11.4. The van der Waals surface area contributed by atoms with Crippen molar-refractivity contribution in [3.05, 3.63) is 0 Å². The third-order valence-corrected chi connectivity index (χ3v) is 2.74. The molecule has 74 valence electrons. The number of hydrogen-bond acceptors (Lipinski definition) is 2. The van der Waals surface area contributed by atoms with Crippen LogP contribution in [0.1, 0.15) is 20.3 Å². The first-order valence-electron chi connectivity index (χ1n) is 4.33. The smallest absolute Gasteiger partial charge is 0.143 e. The molecule has 0 aromatic carbocycles. The molecule has 0 aliphatic heterocycles. The number of rotatable bonds is 4. The summed E-state index contributed by atoms with van der Waals surface area (Å²) in [6, 6.07) is 0. The molecule has 0 aromatic rings. The lowest BCUT2D eigenvalue weighted by atomic mass is 10.0. The summed E-state index contributed by atoms with van der Waals surface area (Å²) < 4.78 is 11.3. The molecule has 0 saturated heterocycles. The van der Waals surface area contributed by atoms with Crippen LogP contribution in [0.4, 0.5) is 0 Å². The Morgan fingerprint density at radius 1 is 1.46 bits per heavy atom. The average Bonchev–Trinajstić information content (AvgIpc) is 1.96. The first kappa shape index (κ1) is 12.5. The van der Waals surface area contributed by atoms with Gasteiger partial charge in [-0.2, -0.15) is 0 Å². The normalized spacial score (nSPS) is 12.9. The molecule has 0 amide bonds. The van der Waals surface area contributed by atoms with Crippen LogP contribution in [0.15, 0.2) is 0 Å². The Labute approximate surface area is 80.5 Å². The molecule has 0 unspecified atom stereocenters. The van der Waals surface area contributed by atoms with Gasteiger partial charge in [0.25, 0.3) is 0 Å². The number of carbonyl (C=O) groups excluding carboxylic acids is 1. The minimum Gasteiger partial charge on any atom is -0.324 e. The highest BCUT2D eigenvalue weighted by Gasteiger charge is 2.18. The summed E-state index contributed by atoms with van der Waals surface area (Å²) in [5, 5.41) is 0. The first-order valence-corrected chi connectivity index (χ1v) is 7.12. The summed E-state index contributed by atoms with van der Waals surface area (Å²) in [4.78, 5) is 11.4. The van der Waals surface area contributed by atoms with Crippen LogP contribution in [-0.2, 0) is 9.36 Å². The van der Waals surface area contributed by atoms with E-state index >= 15 is 0 Å². The van der Waals surface area contributed by atoms with Gasteiger partial charge in [-0.3, -0.25) is 4.79 Å². The van der Waals surface area contributed by atoms with Crippen LogP contribution >= 0.6 is 7.14 Å². The van der Waals surface area contributed by atoms with E-state index in [9.17, 15) is 9.36 Å². The zero-order valence-corrected chi connectivity index (χ0v) is 9.65. The molecule has 0 saturated carbocycles. The van der Waals surface area contributed by atoms with Crippen LogP contribution in [0.2, 0.25) is 0 Å². The molecule has 0 heterocycles. The van der Waals surface area contributed by atoms with Crippen LogP contribution in [0.3, 0.4) is 0 Å². The minimum atomic E-state index is -2.21. The van der Waals surface area contributed by atoms with Crippen molar-refractivity contribution in [2.45, 2.75) is 20.3 Å². The molecular formula is C10H17O2P. The van der Waals surface area contributed by atoms with Crippen molar-refractivity contribution in [2.24, 2.45) is 5.92 Å². The number of ketones is 1. The monoisotopic (exact) mass is 200 g/mol. The van der Waals surface area contributed by atoms with E-state index in [0.29, 0.717) is 6.42 Å². The summed E-state index contributed by atoms with van der Waals surface area (Å²) in [5.74, 6) is 5.58. The lowest BCUT2D eigenvalue weighted by Gasteiger charge is -2.09. The van der Waals surface area contributed by atoms with Crippen LogP contribution in [-0.4, -0.2) is 25.3 Å². The highest BCUT2D eigenvalue weighted by Crippen LogP contribution is 2.36. The Kier molecular flexibility index (Phi) is 5.03. The lowest BCUT2D eigenvalue weighted by Crippen LogP contribution is -2.14. The van der Waals surface area contributed by atoms with Gasteiger partial charge in [0.2, 0.25) is 0 Å². The summed E-state index contributed by atoms with van der Waals surface area (Å²) in [6.07, 6.45) is 0.787. The second kappa shape index (κ2) is 5.25. The Bertz CT molecular complexity index is 277. The molecule has 0 spiro atoms. The summed E-state index contributed by atoms with van der Waals surface area (Å²) in [5.41, 5.74) is 0. The van der Waals surface area contributed by atoms with Crippen molar-refractivity contribution < 1.29 is 9.36 Å². The van der Waals surface area contributed by atoms with Crippen molar-refractivity contribution in [2.75, 3.05) is 19.5 Å². The molecular weight excluding hydrogens is 183 g/mol. The van der Waals surface area contributed by atoms with Gasteiger partial charge in [-0.25, -0.2) is 0 Å². The molecule has 0 rings (SSSR count). The van der Waals surface area contributed by atoms with Crippen molar-refractivity contribution in [1.82, 2.24) is 0 Å². The number of carbonyl (C=O) groups is 1. The maximum Gasteiger partial charge on any atom is 0.143 e. The van der Waals surface area contributed by atoms with E-state index in [0.717, 1.165) is 0 Å². The fourth-order valence-corrected chi connectivity index (χ4v) is 1.96. The number of hydrogen-bond donors (Lipinski definition) is 0. The van der Waals surface area contributed by atoms with E-state index in [1.165, 1.54) is 0 Å². The van der Waals surface area contributed by atoms with Gasteiger partial charge in [-0.15, -0.1) is 11.8 Å². The fourth-order valence-electron chi connectivity index (χ4n) is 0.900. The third-order valence-electron chi connectivity index (χ3n) is 1.67. The summed E-state index contributed by atoms with van der Waals surface area (Å²) >= 11 is 0. The molecule has 0 N–H and O–H groups in total. The van der Waals surface area contributed by atoms with Gasteiger partial charge in [-0.05, 0) is 20.3 Å². The SMILES string of the molecule is CC#CC[C@H](C)C(=O)CP(C)(C)=O. The standard InChI is InChI=1S/C10H17O2P/c1-5-6-7-9(2)10(11)8-13(3,4)12/h9H,7-8H2,1-4H3/t9-/m0/s1. The second-order valence-electron chi connectivity index (χ2n) is 3.73. The van der Waals surface area contributed by atoms with Crippen LogP contribution < -0.4 is 0 Å². The zero-order chi connectivity index (χ0) is 10.5. The Morgan fingerprint density at radius 2 is 2.00 bits per heavy atom. The highest BCUT2D eigenvalue weighted by molar-refractivity contribution is 7.63. The maximum absolute atomic E-state index is 11.4. The van der Waals surface area contributed by atoms with E-state index in [-0.39, 0.29) is 17.9 Å². The van der Waals surface area contributed by atoms with Gasteiger partial charge in [0.05, 0.1) is 13.3 Å². The molecule has 0 fully saturated rings. The quantitative estimate of drug-likeness (QED) is 0.515. The molecule has 1 atom stereocenters. The van der Waals surface area contributed by atoms with Crippen molar-refractivity contribution in [3.8, 4) is 11.8 Å². The van der Waals surface area contributed by atoms with Gasteiger partial charge in [0.15, 0.2) is 0 Å². The van der Waals surface area contributed by atoms with Crippen molar-refractivity contribution >= 4 is 12.9 Å². The highest BCUT2D eigenvalue weighted by atomic mass is 31.2. The molecule has 13 heavy (non-hydrogen) atoms. The van der Waals surface area contributed by atoms with Gasteiger partial charge in [0.1, 0.15) is 5.78 Å². The number of Topliss-reactive ketones (excluding diaryl/α,β-unsaturated/α-hetero) is 1. The Hall–Kier alpha value is -0.540. The first-order chi connectivity index (χ1) is 5.87. The molecule has 0 bridgehead atoms. The van der Waals surface area contributed by atoms with E-state index < -0.39 is 7.14 Å². The largest absolute Gasteiger partial charge is 0.324 e. The molecule has 0 aliphatic rings. The molecule has 0 aromatic heterocycles. The van der Waals surface area contributed by atoms with Gasteiger partial charge in [-0.1, -0.05) is 6.92 Å². The fraction of sp³-hybridized carbons (Fsp3) is 0.700. The molecule has 3 heteroatoms. The molecule has 0 aliphatic carbocycles. The predicted octanol–water partition coefficient (Wildman–Crippen LogP) is 2.23. The average molecular weight is 200 g/mol.